The number of rotatable bonds is 3. The van der Waals surface area contributed by atoms with Crippen molar-refractivity contribution in [3.8, 4) is 0 Å². The van der Waals surface area contributed by atoms with E-state index >= 15 is 0 Å². The SMILES string of the molecule is COC(=O)C(C)C(C)N1CCc2cccc(N)c2C1. The van der Waals surface area contributed by atoms with Crippen LogP contribution in [0.25, 0.3) is 0 Å². The van der Waals surface area contributed by atoms with Gasteiger partial charge in [0.25, 0.3) is 0 Å². The normalized spacial score (nSPS) is 18.5. The average molecular weight is 262 g/mol. The first-order valence-corrected chi connectivity index (χ1v) is 6.72. The molecule has 0 saturated carbocycles. The molecule has 1 aliphatic heterocycles. The Morgan fingerprint density at radius 3 is 2.84 bits per heavy atom. The van der Waals surface area contributed by atoms with E-state index in [1.165, 1.54) is 18.2 Å². The molecule has 19 heavy (non-hydrogen) atoms. The first-order chi connectivity index (χ1) is 9.04. The number of hydrogen-bond acceptors (Lipinski definition) is 4. The highest BCUT2D eigenvalue weighted by molar-refractivity contribution is 5.72. The first-order valence-electron chi connectivity index (χ1n) is 6.72. The van der Waals surface area contributed by atoms with Crippen molar-refractivity contribution in [3.63, 3.8) is 0 Å². The third-order valence-corrected chi connectivity index (χ3v) is 4.21. The summed E-state index contributed by atoms with van der Waals surface area (Å²) >= 11 is 0. The second-order valence-electron chi connectivity index (χ2n) is 5.26. The van der Waals surface area contributed by atoms with Crippen LogP contribution in [0.1, 0.15) is 25.0 Å². The number of nitrogens with zero attached hydrogens (tertiary/aromatic N) is 1. The van der Waals surface area contributed by atoms with Gasteiger partial charge in [0.15, 0.2) is 0 Å². The molecular formula is C15H22N2O2. The molecule has 1 heterocycles. The molecule has 1 aromatic rings. The van der Waals surface area contributed by atoms with Crippen LogP contribution in [0.5, 0.6) is 0 Å². The van der Waals surface area contributed by atoms with E-state index in [-0.39, 0.29) is 17.9 Å². The Balaban J connectivity index is 2.13. The van der Waals surface area contributed by atoms with E-state index in [0.717, 1.165) is 25.2 Å². The lowest BCUT2D eigenvalue weighted by Crippen LogP contribution is -2.43. The summed E-state index contributed by atoms with van der Waals surface area (Å²) in [7, 11) is 1.44. The highest BCUT2D eigenvalue weighted by Gasteiger charge is 2.29. The number of methoxy groups -OCH3 is 1. The lowest BCUT2D eigenvalue weighted by atomic mass is 9.94. The van der Waals surface area contributed by atoms with Crippen molar-refractivity contribution < 1.29 is 9.53 Å². The van der Waals surface area contributed by atoms with Gasteiger partial charge in [-0.2, -0.15) is 0 Å². The summed E-state index contributed by atoms with van der Waals surface area (Å²) in [5, 5.41) is 0. The molecule has 0 fully saturated rings. The third-order valence-electron chi connectivity index (χ3n) is 4.21. The number of carbonyl (C=O) groups excluding carboxylic acids is 1. The van der Waals surface area contributed by atoms with Gasteiger partial charge in [0.05, 0.1) is 13.0 Å². The summed E-state index contributed by atoms with van der Waals surface area (Å²) < 4.78 is 4.83. The van der Waals surface area contributed by atoms with E-state index in [9.17, 15) is 4.79 Å². The van der Waals surface area contributed by atoms with E-state index in [1.54, 1.807) is 0 Å². The Morgan fingerprint density at radius 2 is 2.16 bits per heavy atom. The van der Waals surface area contributed by atoms with Crippen molar-refractivity contribution in [2.24, 2.45) is 5.92 Å². The number of anilines is 1. The fourth-order valence-corrected chi connectivity index (χ4v) is 2.67. The Bertz CT molecular complexity index is 473. The molecule has 0 aromatic heterocycles. The summed E-state index contributed by atoms with van der Waals surface area (Å²) in [5.74, 6) is -0.282. The summed E-state index contributed by atoms with van der Waals surface area (Å²) in [6, 6.07) is 6.23. The molecule has 1 aliphatic rings. The maximum Gasteiger partial charge on any atom is 0.309 e. The van der Waals surface area contributed by atoms with Crippen LogP contribution in [-0.4, -0.2) is 30.6 Å². The molecular weight excluding hydrogens is 240 g/mol. The number of fused-ring (bicyclic) bond motifs is 1. The van der Waals surface area contributed by atoms with E-state index < -0.39 is 0 Å². The number of hydrogen-bond donors (Lipinski definition) is 1. The molecule has 2 rings (SSSR count). The Kier molecular flexibility index (Phi) is 4.10. The molecule has 2 atom stereocenters. The fourth-order valence-electron chi connectivity index (χ4n) is 2.67. The summed E-state index contributed by atoms with van der Waals surface area (Å²) in [4.78, 5) is 13.9. The predicted molar refractivity (Wildman–Crippen MR) is 75.6 cm³/mol. The van der Waals surface area contributed by atoms with E-state index in [2.05, 4.69) is 17.9 Å². The number of ether oxygens (including phenoxy) is 1. The highest BCUT2D eigenvalue weighted by Crippen LogP contribution is 2.27. The largest absolute Gasteiger partial charge is 0.469 e. The van der Waals surface area contributed by atoms with Crippen molar-refractivity contribution in [2.45, 2.75) is 32.9 Å². The molecule has 1 aromatic carbocycles. The highest BCUT2D eigenvalue weighted by atomic mass is 16.5. The third kappa shape index (κ3) is 2.73. The van der Waals surface area contributed by atoms with Crippen molar-refractivity contribution in [3.05, 3.63) is 29.3 Å². The van der Waals surface area contributed by atoms with Crippen LogP contribution in [0.15, 0.2) is 18.2 Å². The molecule has 0 bridgehead atoms. The minimum absolute atomic E-state index is 0.128. The minimum Gasteiger partial charge on any atom is -0.469 e. The Hall–Kier alpha value is -1.55. The number of nitrogens with two attached hydrogens (primary N) is 1. The molecule has 0 spiro atoms. The predicted octanol–water partition coefficient (Wildman–Crippen LogP) is 1.82. The van der Waals surface area contributed by atoms with Gasteiger partial charge in [0.1, 0.15) is 0 Å². The van der Waals surface area contributed by atoms with Gasteiger partial charge in [-0.05, 0) is 30.5 Å². The fraction of sp³-hybridized carbons (Fsp3) is 0.533. The van der Waals surface area contributed by atoms with Gasteiger partial charge in [-0.25, -0.2) is 0 Å². The van der Waals surface area contributed by atoms with Crippen LogP contribution in [0.3, 0.4) is 0 Å². The van der Waals surface area contributed by atoms with Crippen LogP contribution in [0.2, 0.25) is 0 Å². The Morgan fingerprint density at radius 1 is 1.42 bits per heavy atom. The average Bonchev–Trinajstić information content (AvgIpc) is 2.45. The smallest absolute Gasteiger partial charge is 0.309 e. The van der Waals surface area contributed by atoms with E-state index in [1.807, 2.05) is 19.1 Å². The van der Waals surface area contributed by atoms with Gasteiger partial charge in [-0.3, -0.25) is 9.69 Å². The summed E-state index contributed by atoms with van der Waals surface area (Å²) in [6.45, 7) is 5.76. The monoisotopic (exact) mass is 262 g/mol. The van der Waals surface area contributed by atoms with Gasteiger partial charge in [0.2, 0.25) is 0 Å². The van der Waals surface area contributed by atoms with Crippen LogP contribution in [0, 0.1) is 5.92 Å². The van der Waals surface area contributed by atoms with Crippen LogP contribution >= 0.6 is 0 Å². The maximum absolute atomic E-state index is 11.6. The van der Waals surface area contributed by atoms with E-state index in [4.69, 9.17) is 10.5 Å². The number of carbonyl (C=O) groups is 1. The van der Waals surface area contributed by atoms with Gasteiger partial charge in [0, 0.05) is 24.8 Å². The Labute approximate surface area is 114 Å². The first kappa shape index (κ1) is 13.9. The summed E-state index contributed by atoms with van der Waals surface area (Å²) in [5.41, 5.74) is 9.43. The van der Waals surface area contributed by atoms with Crippen molar-refractivity contribution >= 4 is 11.7 Å². The van der Waals surface area contributed by atoms with Crippen LogP contribution in [-0.2, 0) is 22.5 Å². The van der Waals surface area contributed by atoms with Gasteiger partial charge in [-0.1, -0.05) is 19.1 Å². The molecule has 0 aliphatic carbocycles. The molecule has 4 nitrogen and oxygen atoms in total. The molecule has 4 heteroatoms. The maximum atomic E-state index is 11.6. The molecule has 2 N–H and O–H groups in total. The number of nitrogen functional groups attached to an aromatic ring is 1. The molecule has 104 valence electrons. The van der Waals surface area contributed by atoms with Crippen molar-refractivity contribution in [1.82, 2.24) is 4.90 Å². The summed E-state index contributed by atoms with van der Waals surface area (Å²) in [6.07, 6.45) is 0.985. The standard InChI is InChI=1S/C15H22N2O2/c1-10(15(18)19-3)11(2)17-8-7-12-5-4-6-14(16)13(12)9-17/h4-6,10-11H,7-9,16H2,1-3H3. The minimum atomic E-state index is -0.153. The topological polar surface area (TPSA) is 55.6 Å². The zero-order valence-corrected chi connectivity index (χ0v) is 11.8. The lowest BCUT2D eigenvalue weighted by molar-refractivity contribution is -0.147. The van der Waals surface area contributed by atoms with Crippen LogP contribution < -0.4 is 5.73 Å². The second kappa shape index (κ2) is 5.61. The molecule has 2 unspecified atom stereocenters. The van der Waals surface area contributed by atoms with Crippen molar-refractivity contribution in [2.75, 3.05) is 19.4 Å². The number of esters is 1. The quantitative estimate of drug-likeness (QED) is 0.667. The number of benzene rings is 1. The molecule has 0 radical (unpaired) electrons. The van der Waals surface area contributed by atoms with Crippen molar-refractivity contribution in [1.29, 1.82) is 0 Å². The molecule has 0 saturated heterocycles. The van der Waals surface area contributed by atoms with Gasteiger partial charge >= 0.3 is 5.97 Å². The zero-order chi connectivity index (χ0) is 14.0. The lowest BCUT2D eigenvalue weighted by Gasteiger charge is -2.36. The van der Waals surface area contributed by atoms with Crippen LogP contribution in [0.4, 0.5) is 5.69 Å². The zero-order valence-electron chi connectivity index (χ0n) is 11.8. The molecule has 0 amide bonds. The second-order valence-corrected chi connectivity index (χ2v) is 5.26. The van der Waals surface area contributed by atoms with Gasteiger partial charge in [-0.15, -0.1) is 0 Å². The van der Waals surface area contributed by atoms with E-state index in [0.29, 0.717) is 0 Å². The van der Waals surface area contributed by atoms with Gasteiger partial charge < -0.3 is 10.5 Å².